The molecule has 6 nitrogen and oxygen atoms in total. The van der Waals surface area contributed by atoms with Crippen molar-refractivity contribution in [2.24, 2.45) is 0 Å². The van der Waals surface area contributed by atoms with Gasteiger partial charge in [-0.25, -0.2) is 4.39 Å². The van der Waals surface area contributed by atoms with Crippen molar-refractivity contribution in [3.05, 3.63) is 59.9 Å². The number of ketones is 1. The van der Waals surface area contributed by atoms with Crippen molar-refractivity contribution in [2.45, 2.75) is 18.1 Å². The molecule has 0 amide bonds. The first-order valence-electron chi connectivity index (χ1n) is 8.28. The highest BCUT2D eigenvalue weighted by atomic mass is 32.2. The van der Waals surface area contributed by atoms with E-state index in [0.717, 1.165) is 11.5 Å². The van der Waals surface area contributed by atoms with Gasteiger partial charge in [0.1, 0.15) is 11.9 Å². The average Bonchev–Trinajstić information content (AvgIpc) is 3.29. The number of carbonyl (C=O) groups is 1. The predicted octanol–water partition coefficient (Wildman–Crippen LogP) is 1.91. The van der Waals surface area contributed by atoms with Crippen LogP contribution >= 0.6 is 11.8 Å². The molecule has 8 heteroatoms. The van der Waals surface area contributed by atoms with Gasteiger partial charge in [-0.1, -0.05) is 11.8 Å². The molecule has 0 fully saturated rings. The van der Waals surface area contributed by atoms with E-state index in [1.54, 1.807) is 30.5 Å². The quantitative estimate of drug-likeness (QED) is 0.490. The van der Waals surface area contributed by atoms with Crippen LogP contribution in [0.1, 0.15) is 29.3 Å². The minimum Gasteiger partial charge on any atom is -0.359 e. The number of nitrogens with one attached hydrogen (secondary N) is 2. The average molecular weight is 374 g/mol. The van der Waals surface area contributed by atoms with Crippen LogP contribution < -0.4 is 4.90 Å². The highest BCUT2D eigenvalue weighted by molar-refractivity contribution is 7.99. The minimum atomic E-state index is -0.300. The lowest BCUT2D eigenvalue weighted by molar-refractivity contribution is -0.890. The molecule has 2 N–H and O–H groups in total. The van der Waals surface area contributed by atoms with E-state index in [1.807, 2.05) is 18.7 Å². The fraction of sp³-hybridized carbons (Fsp3) is 0.278. The zero-order chi connectivity index (χ0) is 18.7. The molecule has 0 radical (unpaired) electrons. The van der Waals surface area contributed by atoms with Crippen LogP contribution in [0.2, 0.25) is 0 Å². The summed E-state index contributed by atoms with van der Waals surface area (Å²) < 4.78 is 15.2. The molecule has 26 heavy (non-hydrogen) atoms. The second-order valence-corrected chi connectivity index (χ2v) is 7.19. The van der Waals surface area contributed by atoms with Gasteiger partial charge < -0.3 is 9.88 Å². The fourth-order valence-electron chi connectivity index (χ4n) is 2.46. The molecular formula is C18H21FN5OS+. The van der Waals surface area contributed by atoms with E-state index in [4.69, 9.17) is 0 Å². The lowest BCUT2D eigenvalue weighted by Crippen LogP contribution is -3.05. The number of Topliss-reactive ketones (excluding diaryl/α,β-unsaturated/α-hetero) is 1. The molecule has 0 spiro atoms. The van der Waals surface area contributed by atoms with Crippen LogP contribution in [0.5, 0.6) is 0 Å². The summed E-state index contributed by atoms with van der Waals surface area (Å²) in [6, 6.07) is 9.82. The highest BCUT2D eigenvalue weighted by Gasteiger charge is 2.24. The molecule has 2 aromatic heterocycles. The van der Waals surface area contributed by atoms with Gasteiger partial charge in [-0.3, -0.25) is 9.36 Å². The molecule has 0 aliphatic heterocycles. The molecule has 3 rings (SSSR count). The lowest BCUT2D eigenvalue weighted by atomic mass is 10.2. The van der Waals surface area contributed by atoms with Gasteiger partial charge in [-0.05, 0) is 43.3 Å². The maximum absolute atomic E-state index is 13.3. The number of benzene rings is 1. The Kier molecular flexibility index (Phi) is 5.53. The maximum atomic E-state index is 13.3. The second kappa shape index (κ2) is 7.84. The van der Waals surface area contributed by atoms with Gasteiger partial charge in [0.2, 0.25) is 0 Å². The molecular weight excluding hydrogens is 353 g/mol. The molecule has 136 valence electrons. The number of quaternary nitrogens is 1. The number of rotatable bonds is 7. The first-order chi connectivity index (χ1) is 12.5. The molecule has 0 aliphatic carbocycles. The highest BCUT2D eigenvalue weighted by Crippen LogP contribution is 2.25. The van der Waals surface area contributed by atoms with E-state index in [1.165, 1.54) is 28.8 Å². The largest absolute Gasteiger partial charge is 0.359 e. The third kappa shape index (κ3) is 3.86. The number of halogens is 1. The van der Waals surface area contributed by atoms with Gasteiger partial charge in [-0.2, -0.15) is 0 Å². The number of H-pyrrole nitrogens is 1. The third-order valence-corrected chi connectivity index (χ3v) is 5.16. The second-order valence-electron chi connectivity index (χ2n) is 6.25. The van der Waals surface area contributed by atoms with Gasteiger partial charge >= 0.3 is 0 Å². The van der Waals surface area contributed by atoms with E-state index >= 15 is 0 Å². The van der Waals surface area contributed by atoms with Crippen molar-refractivity contribution in [1.82, 2.24) is 19.7 Å². The Morgan fingerprint density at radius 1 is 1.27 bits per heavy atom. The van der Waals surface area contributed by atoms with Crippen LogP contribution in [-0.2, 0) is 0 Å². The van der Waals surface area contributed by atoms with Crippen molar-refractivity contribution in [2.75, 3.05) is 19.8 Å². The number of thioether (sulfide) groups is 1. The summed E-state index contributed by atoms with van der Waals surface area (Å²) in [6.45, 7) is 2.05. The predicted molar refractivity (Wildman–Crippen MR) is 98.4 cm³/mol. The normalized spacial score (nSPS) is 12.5. The molecule has 1 atom stereocenters. The van der Waals surface area contributed by atoms with E-state index < -0.39 is 0 Å². The number of aromatic nitrogens is 4. The van der Waals surface area contributed by atoms with Crippen LogP contribution in [0, 0.1) is 5.82 Å². The molecule has 1 aromatic carbocycles. The molecule has 3 aromatic rings. The standard InChI is InChI=1S/C18H20FN5OS/c1-12(23(2)3)17-21-22-18(24(17)14-8-6-13(19)7-9-14)26-11-16(25)15-5-4-10-20-15/h4-10,12,20H,11H2,1-3H3/p+1/t12-/m0/s1. The van der Waals surface area contributed by atoms with Crippen molar-refractivity contribution in [1.29, 1.82) is 0 Å². The zero-order valence-corrected chi connectivity index (χ0v) is 15.7. The molecule has 0 aliphatic rings. The van der Waals surface area contributed by atoms with Crippen LogP contribution in [0.25, 0.3) is 5.69 Å². The fourth-order valence-corrected chi connectivity index (χ4v) is 3.30. The van der Waals surface area contributed by atoms with E-state index in [9.17, 15) is 9.18 Å². The van der Waals surface area contributed by atoms with E-state index in [0.29, 0.717) is 10.9 Å². The molecule has 0 saturated carbocycles. The Hall–Kier alpha value is -2.45. The maximum Gasteiger partial charge on any atom is 0.196 e. The van der Waals surface area contributed by atoms with Gasteiger partial charge in [0, 0.05) is 11.9 Å². The Bertz CT molecular complexity index is 874. The molecule has 0 unspecified atom stereocenters. The van der Waals surface area contributed by atoms with Crippen molar-refractivity contribution >= 4 is 17.5 Å². The zero-order valence-electron chi connectivity index (χ0n) is 14.9. The van der Waals surface area contributed by atoms with Crippen LogP contribution in [-0.4, -0.2) is 45.4 Å². The summed E-state index contributed by atoms with van der Waals surface area (Å²) in [6.07, 6.45) is 1.72. The van der Waals surface area contributed by atoms with Gasteiger partial charge in [0.25, 0.3) is 0 Å². The summed E-state index contributed by atoms with van der Waals surface area (Å²) in [5, 5.41) is 9.22. The van der Waals surface area contributed by atoms with Crippen LogP contribution in [0.4, 0.5) is 4.39 Å². The number of hydrogen-bond acceptors (Lipinski definition) is 4. The number of hydrogen-bond donors (Lipinski definition) is 2. The van der Waals surface area contributed by atoms with Crippen LogP contribution in [0.15, 0.2) is 47.8 Å². The Labute approximate surface area is 155 Å². The third-order valence-electron chi connectivity index (χ3n) is 4.23. The SMILES string of the molecule is C[C@@H](c1nnc(SCC(=O)c2ccc[nH]2)n1-c1ccc(F)cc1)[NH+](C)C. The number of carbonyl (C=O) groups excluding carboxylic acids is 1. The summed E-state index contributed by atoms with van der Waals surface area (Å²) in [5.41, 5.74) is 1.34. The smallest absolute Gasteiger partial charge is 0.196 e. The first-order valence-corrected chi connectivity index (χ1v) is 9.26. The van der Waals surface area contributed by atoms with E-state index in [-0.39, 0.29) is 23.4 Å². The Morgan fingerprint density at radius 2 is 2.00 bits per heavy atom. The Balaban J connectivity index is 1.91. The Morgan fingerprint density at radius 3 is 2.62 bits per heavy atom. The van der Waals surface area contributed by atoms with Gasteiger partial charge in [0.05, 0.1) is 25.5 Å². The topological polar surface area (TPSA) is 68.0 Å². The van der Waals surface area contributed by atoms with E-state index in [2.05, 4.69) is 22.1 Å². The number of nitrogens with zero attached hydrogens (tertiary/aromatic N) is 3. The molecule has 2 heterocycles. The van der Waals surface area contributed by atoms with Gasteiger partial charge in [0.15, 0.2) is 16.8 Å². The minimum absolute atomic E-state index is 0.0125. The summed E-state index contributed by atoms with van der Waals surface area (Å²) in [4.78, 5) is 16.4. The first kappa shape index (κ1) is 18.3. The van der Waals surface area contributed by atoms with Gasteiger partial charge in [-0.15, -0.1) is 10.2 Å². The summed E-state index contributed by atoms with van der Waals surface area (Å²) >= 11 is 1.32. The van der Waals surface area contributed by atoms with Crippen molar-refractivity contribution in [3.8, 4) is 5.69 Å². The van der Waals surface area contributed by atoms with Crippen molar-refractivity contribution in [3.63, 3.8) is 0 Å². The van der Waals surface area contributed by atoms with Crippen LogP contribution in [0.3, 0.4) is 0 Å². The molecule has 0 saturated heterocycles. The molecule has 0 bridgehead atoms. The lowest BCUT2D eigenvalue weighted by Gasteiger charge is -2.18. The summed E-state index contributed by atoms with van der Waals surface area (Å²) in [5.74, 6) is 0.696. The summed E-state index contributed by atoms with van der Waals surface area (Å²) in [7, 11) is 4.08. The van der Waals surface area contributed by atoms with Crippen molar-refractivity contribution < 1.29 is 14.1 Å². The number of aromatic amines is 1. The monoisotopic (exact) mass is 374 g/mol.